The molecule has 0 aliphatic carbocycles. The number of nitrogens with zero attached hydrogens (tertiary/aromatic N) is 8. The molecular weight excluding hydrogens is 668 g/mol. The van der Waals surface area contributed by atoms with E-state index in [2.05, 4.69) is 45.3 Å². The molecule has 6 aromatic rings. The Kier molecular flexibility index (Phi) is 9.70. The van der Waals surface area contributed by atoms with Crippen LogP contribution in [0.15, 0.2) is 96.2 Å². The van der Waals surface area contributed by atoms with E-state index in [0.717, 1.165) is 10.5 Å². The summed E-state index contributed by atoms with van der Waals surface area (Å²) in [6.07, 6.45) is 1.69. The molecule has 50 heavy (non-hydrogen) atoms. The van der Waals surface area contributed by atoms with Gasteiger partial charge in [0.2, 0.25) is 11.7 Å². The molecule has 4 heterocycles. The summed E-state index contributed by atoms with van der Waals surface area (Å²) in [6, 6.07) is 20.7. The summed E-state index contributed by atoms with van der Waals surface area (Å²) in [5.41, 5.74) is 1.93. The molecule has 2 aromatic carbocycles. The largest absolute Gasteiger partial charge is 0.493 e. The number of rotatable bonds is 13. The first-order valence-electron chi connectivity index (χ1n) is 14.8. The number of H-pyrrole nitrogens is 1. The lowest BCUT2D eigenvalue weighted by Gasteiger charge is -2.21. The van der Waals surface area contributed by atoms with Gasteiger partial charge in [0.15, 0.2) is 28.9 Å². The standard InChI is InChI=1S/C32H28N10O7S/c1-20-7-9-22(10-8-20)50(45,46)39-31-26(49-25-6-4-3-5-24(25)47-2)11-12-27(35-31)42(32(43)44)17-18-48-28-14-16-34-29(36-28)21-13-15-33-23(19-21)30-37-40-41-38-30/h3-16,19H,17-18H2,1-2H3,(H,35,39)(H,43,44)(H,37,38,40,41). The molecule has 0 unspecified atom stereocenters. The lowest BCUT2D eigenvalue weighted by atomic mass is 10.2. The number of hydrogen-bond donors (Lipinski definition) is 3. The lowest BCUT2D eigenvalue weighted by molar-refractivity contribution is 0.199. The molecule has 0 fully saturated rings. The van der Waals surface area contributed by atoms with Gasteiger partial charge in [-0.15, -0.1) is 10.2 Å². The Morgan fingerprint density at radius 2 is 1.70 bits per heavy atom. The molecule has 0 saturated carbocycles. The van der Waals surface area contributed by atoms with Crippen molar-refractivity contribution in [3.63, 3.8) is 0 Å². The molecule has 0 atom stereocenters. The number of nitrogens with one attached hydrogen (secondary N) is 2. The van der Waals surface area contributed by atoms with Crippen LogP contribution in [0.3, 0.4) is 0 Å². The minimum atomic E-state index is -4.16. The summed E-state index contributed by atoms with van der Waals surface area (Å²) in [7, 11) is -2.70. The van der Waals surface area contributed by atoms with E-state index in [4.69, 9.17) is 14.2 Å². The average molecular weight is 697 g/mol. The van der Waals surface area contributed by atoms with Crippen LogP contribution in [-0.2, 0) is 10.0 Å². The second-order valence-corrected chi connectivity index (χ2v) is 12.0. The Balaban J connectivity index is 1.23. The number of amides is 1. The van der Waals surface area contributed by atoms with Crippen molar-refractivity contribution < 1.29 is 32.5 Å². The number of methoxy groups -OCH3 is 1. The second kappa shape index (κ2) is 14.6. The van der Waals surface area contributed by atoms with Gasteiger partial charge in [-0.1, -0.05) is 29.8 Å². The number of para-hydroxylation sites is 2. The first-order valence-corrected chi connectivity index (χ1v) is 16.3. The highest BCUT2D eigenvalue weighted by Gasteiger charge is 2.23. The molecule has 0 bridgehead atoms. The van der Waals surface area contributed by atoms with E-state index >= 15 is 0 Å². The fourth-order valence-electron chi connectivity index (χ4n) is 4.54. The van der Waals surface area contributed by atoms with Crippen molar-refractivity contribution in [1.29, 1.82) is 0 Å². The number of aryl methyl sites for hydroxylation is 1. The fraction of sp³-hybridized carbons (Fsp3) is 0.125. The predicted octanol–water partition coefficient (Wildman–Crippen LogP) is 4.59. The van der Waals surface area contributed by atoms with E-state index < -0.39 is 16.1 Å². The predicted molar refractivity (Wildman–Crippen MR) is 179 cm³/mol. The first-order chi connectivity index (χ1) is 24.2. The number of carbonyl (C=O) groups is 1. The molecule has 17 nitrogen and oxygen atoms in total. The maximum atomic E-state index is 13.4. The van der Waals surface area contributed by atoms with Crippen LogP contribution in [0.25, 0.3) is 22.9 Å². The zero-order chi connectivity index (χ0) is 35.1. The van der Waals surface area contributed by atoms with Gasteiger partial charge in [-0.25, -0.2) is 23.2 Å². The zero-order valence-electron chi connectivity index (χ0n) is 26.5. The van der Waals surface area contributed by atoms with Crippen molar-refractivity contribution >= 4 is 27.8 Å². The Hall–Kier alpha value is -6.69. The molecular formula is C32H28N10O7S. The number of tetrazole rings is 1. The quantitative estimate of drug-likeness (QED) is 0.150. The molecule has 0 spiro atoms. The zero-order valence-corrected chi connectivity index (χ0v) is 27.3. The Morgan fingerprint density at radius 1 is 0.920 bits per heavy atom. The highest BCUT2D eigenvalue weighted by atomic mass is 32.2. The molecule has 6 rings (SSSR count). The first kappa shape index (κ1) is 33.2. The SMILES string of the molecule is COc1ccccc1Oc1ccc(N(CCOc2ccnc(-c3ccnc(-c4nn[nH]n4)c3)n2)C(=O)O)nc1NS(=O)(=O)c1ccc(C)cc1. The van der Waals surface area contributed by atoms with E-state index in [0.29, 0.717) is 28.7 Å². The van der Waals surface area contributed by atoms with Gasteiger partial charge in [0.05, 0.1) is 18.6 Å². The topological polar surface area (TPSA) is 220 Å². The summed E-state index contributed by atoms with van der Waals surface area (Å²) >= 11 is 0. The number of carboxylic acid groups (broad SMARTS) is 1. The van der Waals surface area contributed by atoms with Crippen LogP contribution >= 0.6 is 0 Å². The van der Waals surface area contributed by atoms with Crippen LogP contribution in [0.2, 0.25) is 0 Å². The molecule has 3 N–H and O–H groups in total. The third kappa shape index (κ3) is 7.71. The third-order valence-corrected chi connectivity index (χ3v) is 8.34. The van der Waals surface area contributed by atoms with Gasteiger partial charge in [0, 0.05) is 24.0 Å². The van der Waals surface area contributed by atoms with Gasteiger partial charge in [-0.05, 0) is 60.7 Å². The second-order valence-electron chi connectivity index (χ2n) is 10.4. The highest BCUT2D eigenvalue weighted by molar-refractivity contribution is 7.92. The maximum Gasteiger partial charge on any atom is 0.413 e. The van der Waals surface area contributed by atoms with Gasteiger partial charge >= 0.3 is 6.09 Å². The Morgan fingerprint density at radius 3 is 2.44 bits per heavy atom. The monoisotopic (exact) mass is 696 g/mol. The summed E-state index contributed by atoms with van der Waals surface area (Å²) in [6.45, 7) is 1.49. The Labute approximate surface area is 285 Å². The summed E-state index contributed by atoms with van der Waals surface area (Å²) in [5, 5.41) is 23.9. The normalized spacial score (nSPS) is 11.1. The van der Waals surface area contributed by atoms with Gasteiger partial charge in [0.25, 0.3) is 10.0 Å². The molecule has 1 amide bonds. The molecule has 0 aliphatic heterocycles. The van der Waals surface area contributed by atoms with Crippen molar-refractivity contribution in [3.05, 3.63) is 96.8 Å². The van der Waals surface area contributed by atoms with E-state index in [9.17, 15) is 18.3 Å². The van der Waals surface area contributed by atoms with Gasteiger partial charge < -0.3 is 19.3 Å². The van der Waals surface area contributed by atoms with Crippen molar-refractivity contribution in [2.45, 2.75) is 11.8 Å². The molecule has 254 valence electrons. The van der Waals surface area contributed by atoms with Crippen LogP contribution < -0.4 is 23.8 Å². The highest BCUT2D eigenvalue weighted by Crippen LogP contribution is 2.36. The number of aromatic nitrogens is 8. The maximum absolute atomic E-state index is 13.4. The number of aromatic amines is 1. The van der Waals surface area contributed by atoms with Crippen LogP contribution in [0.4, 0.5) is 16.4 Å². The van der Waals surface area contributed by atoms with Gasteiger partial charge in [-0.3, -0.25) is 14.6 Å². The molecule has 4 aromatic heterocycles. The number of benzene rings is 2. The Bertz CT molecular complexity index is 2220. The number of sulfonamides is 1. The van der Waals surface area contributed by atoms with Gasteiger partial charge in [0.1, 0.15) is 18.1 Å². The van der Waals surface area contributed by atoms with Crippen molar-refractivity contribution in [3.8, 4) is 46.0 Å². The summed E-state index contributed by atoms with van der Waals surface area (Å²) in [4.78, 5) is 30.6. The van der Waals surface area contributed by atoms with Crippen molar-refractivity contribution in [2.75, 3.05) is 29.9 Å². The van der Waals surface area contributed by atoms with E-state index in [1.807, 2.05) is 6.92 Å². The van der Waals surface area contributed by atoms with E-state index in [-0.39, 0.29) is 47.1 Å². The molecule has 0 aliphatic rings. The van der Waals surface area contributed by atoms with Crippen molar-refractivity contribution in [2.24, 2.45) is 0 Å². The van der Waals surface area contributed by atoms with Crippen LogP contribution in [0.5, 0.6) is 23.1 Å². The van der Waals surface area contributed by atoms with Crippen LogP contribution in [0, 0.1) is 6.92 Å². The number of ether oxygens (including phenoxy) is 3. The van der Waals surface area contributed by atoms with Gasteiger partial charge in [-0.2, -0.15) is 10.2 Å². The van der Waals surface area contributed by atoms with Crippen LogP contribution in [0.1, 0.15) is 5.56 Å². The summed E-state index contributed by atoms with van der Waals surface area (Å²) < 4.78 is 46.4. The minimum absolute atomic E-state index is 0.00245. The fourth-order valence-corrected chi connectivity index (χ4v) is 5.55. The number of pyridine rings is 2. The molecule has 0 saturated heterocycles. The third-order valence-electron chi connectivity index (χ3n) is 6.99. The minimum Gasteiger partial charge on any atom is -0.493 e. The molecule has 18 heteroatoms. The lowest BCUT2D eigenvalue weighted by Crippen LogP contribution is -2.34. The average Bonchev–Trinajstić information content (AvgIpc) is 3.67. The molecule has 0 radical (unpaired) electrons. The summed E-state index contributed by atoms with van der Waals surface area (Å²) in [5.74, 6) is 1.13. The number of hydrogen-bond acceptors (Lipinski definition) is 13. The van der Waals surface area contributed by atoms with E-state index in [1.54, 1.807) is 54.7 Å². The van der Waals surface area contributed by atoms with E-state index in [1.165, 1.54) is 43.6 Å². The van der Waals surface area contributed by atoms with Crippen molar-refractivity contribution in [1.82, 2.24) is 40.6 Å². The smallest absolute Gasteiger partial charge is 0.413 e. The number of anilines is 2. The van der Waals surface area contributed by atoms with Crippen LogP contribution in [-0.4, -0.2) is 80.4 Å².